The molecule has 1 unspecified atom stereocenters. The second-order valence-corrected chi connectivity index (χ2v) is 9.39. The first kappa shape index (κ1) is 20.2. The first-order chi connectivity index (χ1) is 13.2. The van der Waals surface area contributed by atoms with Crippen LogP contribution >= 0.6 is 11.3 Å². The van der Waals surface area contributed by atoms with E-state index in [1.807, 2.05) is 0 Å². The Hall–Kier alpha value is -2.59. The highest BCUT2D eigenvalue weighted by atomic mass is 32.2. The lowest BCUT2D eigenvalue weighted by Crippen LogP contribution is -2.37. The largest absolute Gasteiger partial charge is 0.493 e. The molecule has 3 rings (SSSR count). The van der Waals surface area contributed by atoms with Crippen LogP contribution in [0.5, 0.6) is 11.5 Å². The van der Waals surface area contributed by atoms with E-state index in [-0.39, 0.29) is 16.1 Å². The van der Waals surface area contributed by atoms with Crippen LogP contribution in [0, 0.1) is 0 Å². The average Bonchev–Trinajstić information content (AvgIpc) is 3.12. The van der Waals surface area contributed by atoms with Crippen molar-refractivity contribution in [2.24, 2.45) is 0 Å². The maximum Gasteiger partial charge on any atom is 0.272 e. The third kappa shape index (κ3) is 3.57. The molecule has 1 aromatic heterocycles. The summed E-state index contributed by atoms with van der Waals surface area (Å²) in [6.45, 7) is 2.17. The zero-order valence-corrected chi connectivity index (χ0v) is 17.2. The SMILES string of the molecule is CCOc1cc(C(CS(C)(=O)=O)N2C(=O)c3scc(N)c3C2=O)ccc1OC. The van der Waals surface area contributed by atoms with Gasteiger partial charge in [-0.3, -0.25) is 14.5 Å². The lowest BCUT2D eigenvalue weighted by atomic mass is 10.1. The number of nitrogens with zero attached hydrogens (tertiary/aromatic N) is 1. The summed E-state index contributed by atoms with van der Waals surface area (Å²) < 4.78 is 34.9. The third-order valence-corrected chi connectivity index (χ3v) is 6.22. The number of rotatable bonds is 7. The molecule has 1 aromatic carbocycles. The number of imide groups is 1. The van der Waals surface area contributed by atoms with Gasteiger partial charge in [0.15, 0.2) is 11.5 Å². The van der Waals surface area contributed by atoms with Crippen LogP contribution in [0.1, 0.15) is 38.6 Å². The van der Waals surface area contributed by atoms with Gasteiger partial charge in [0.2, 0.25) is 0 Å². The first-order valence-corrected chi connectivity index (χ1v) is 11.3. The van der Waals surface area contributed by atoms with Gasteiger partial charge in [-0.05, 0) is 24.6 Å². The molecule has 0 saturated heterocycles. The Labute approximate surface area is 166 Å². The number of amides is 2. The van der Waals surface area contributed by atoms with Gasteiger partial charge in [-0.2, -0.15) is 0 Å². The second kappa shape index (κ2) is 7.44. The molecule has 0 fully saturated rings. The van der Waals surface area contributed by atoms with E-state index in [1.54, 1.807) is 25.1 Å². The number of ether oxygens (including phenoxy) is 2. The molecule has 2 aromatic rings. The molecule has 1 aliphatic rings. The third-order valence-electron chi connectivity index (χ3n) is 4.31. The van der Waals surface area contributed by atoms with Crippen molar-refractivity contribution in [2.45, 2.75) is 13.0 Å². The molecule has 0 spiro atoms. The van der Waals surface area contributed by atoms with Gasteiger partial charge in [-0.1, -0.05) is 6.07 Å². The van der Waals surface area contributed by atoms with Gasteiger partial charge in [-0.25, -0.2) is 8.42 Å². The fraction of sp³-hybridized carbons (Fsp3) is 0.333. The molecule has 0 saturated carbocycles. The highest BCUT2D eigenvalue weighted by Crippen LogP contribution is 2.40. The molecule has 28 heavy (non-hydrogen) atoms. The van der Waals surface area contributed by atoms with Crippen LogP contribution in [-0.4, -0.2) is 50.9 Å². The van der Waals surface area contributed by atoms with Gasteiger partial charge in [-0.15, -0.1) is 11.3 Å². The predicted molar refractivity (Wildman–Crippen MR) is 106 cm³/mol. The normalized spacial score (nSPS) is 14.9. The van der Waals surface area contributed by atoms with Gasteiger partial charge >= 0.3 is 0 Å². The van der Waals surface area contributed by atoms with Crippen LogP contribution in [0.15, 0.2) is 23.6 Å². The quantitative estimate of drug-likeness (QED) is 0.677. The van der Waals surface area contributed by atoms with E-state index in [4.69, 9.17) is 15.2 Å². The van der Waals surface area contributed by atoms with Crippen LogP contribution in [0.25, 0.3) is 0 Å². The van der Waals surface area contributed by atoms with Gasteiger partial charge < -0.3 is 15.2 Å². The monoisotopic (exact) mass is 424 g/mol. The molecule has 150 valence electrons. The lowest BCUT2D eigenvalue weighted by Gasteiger charge is -2.27. The van der Waals surface area contributed by atoms with E-state index in [1.165, 1.54) is 12.5 Å². The van der Waals surface area contributed by atoms with E-state index in [0.29, 0.717) is 23.7 Å². The van der Waals surface area contributed by atoms with Gasteiger partial charge in [0.1, 0.15) is 14.7 Å². The van der Waals surface area contributed by atoms with Crippen molar-refractivity contribution >= 4 is 38.7 Å². The Kier molecular flexibility index (Phi) is 5.35. The van der Waals surface area contributed by atoms with Gasteiger partial charge in [0.05, 0.1) is 36.8 Å². The van der Waals surface area contributed by atoms with Gasteiger partial charge in [0.25, 0.3) is 11.8 Å². The summed E-state index contributed by atoms with van der Waals surface area (Å²) >= 11 is 1.07. The first-order valence-electron chi connectivity index (χ1n) is 8.41. The van der Waals surface area contributed by atoms with Crippen LogP contribution in [0.3, 0.4) is 0 Å². The zero-order chi connectivity index (χ0) is 20.6. The molecular weight excluding hydrogens is 404 g/mol. The fourth-order valence-electron chi connectivity index (χ4n) is 3.13. The van der Waals surface area contributed by atoms with E-state index in [9.17, 15) is 18.0 Å². The number of thiophene rings is 1. The minimum absolute atomic E-state index is 0.132. The Morgan fingerprint density at radius 2 is 1.93 bits per heavy atom. The molecule has 1 atom stereocenters. The highest BCUT2D eigenvalue weighted by Gasteiger charge is 2.44. The summed E-state index contributed by atoms with van der Waals surface area (Å²) in [5, 5.41) is 1.53. The van der Waals surface area contributed by atoms with Crippen molar-refractivity contribution in [2.75, 3.05) is 31.5 Å². The summed E-state index contributed by atoms with van der Waals surface area (Å²) in [6.07, 6.45) is 1.06. The predicted octanol–water partition coefficient (Wildman–Crippen LogP) is 2.12. The number of nitrogens with two attached hydrogens (primary N) is 1. The number of sulfone groups is 1. The zero-order valence-electron chi connectivity index (χ0n) is 15.6. The molecule has 1 aliphatic heterocycles. The van der Waals surface area contributed by atoms with Crippen molar-refractivity contribution in [1.29, 1.82) is 0 Å². The van der Waals surface area contributed by atoms with Gasteiger partial charge in [0, 0.05) is 11.6 Å². The summed E-state index contributed by atoms with van der Waals surface area (Å²) in [5.74, 6) is -0.706. The molecule has 10 heteroatoms. The molecule has 2 heterocycles. The molecule has 0 radical (unpaired) electrons. The topological polar surface area (TPSA) is 116 Å². The smallest absolute Gasteiger partial charge is 0.272 e. The van der Waals surface area contributed by atoms with E-state index < -0.39 is 33.4 Å². The van der Waals surface area contributed by atoms with E-state index in [2.05, 4.69) is 0 Å². The molecular formula is C18H20N2O6S2. The number of nitrogen functional groups attached to an aromatic ring is 1. The molecule has 2 N–H and O–H groups in total. The molecule has 8 nitrogen and oxygen atoms in total. The number of anilines is 1. The van der Waals surface area contributed by atoms with Crippen LogP contribution in [-0.2, 0) is 9.84 Å². The lowest BCUT2D eigenvalue weighted by molar-refractivity contribution is 0.0599. The van der Waals surface area contributed by atoms with Crippen molar-refractivity contribution in [1.82, 2.24) is 4.90 Å². The summed E-state index contributed by atoms with van der Waals surface area (Å²) in [6, 6.07) is 3.81. The minimum atomic E-state index is -3.52. The Bertz CT molecular complexity index is 1040. The molecule has 2 amide bonds. The maximum absolute atomic E-state index is 12.9. The Morgan fingerprint density at radius 1 is 1.21 bits per heavy atom. The number of fused-ring (bicyclic) bond motifs is 1. The number of hydrogen-bond acceptors (Lipinski definition) is 8. The minimum Gasteiger partial charge on any atom is -0.493 e. The maximum atomic E-state index is 12.9. The summed E-state index contributed by atoms with van der Waals surface area (Å²) in [7, 11) is -2.04. The number of carbonyl (C=O) groups is 2. The van der Waals surface area contributed by atoms with Crippen LogP contribution in [0.4, 0.5) is 5.69 Å². The molecule has 0 aliphatic carbocycles. The van der Waals surface area contributed by atoms with Crippen molar-refractivity contribution in [3.63, 3.8) is 0 Å². The van der Waals surface area contributed by atoms with Crippen molar-refractivity contribution in [3.8, 4) is 11.5 Å². The van der Waals surface area contributed by atoms with E-state index >= 15 is 0 Å². The standard InChI is InChI=1S/C18H20N2O6S2/c1-4-26-14-7-10(5-6-13(14)25-2)12(9-28(3,23)24)20-17(21)15-11(19)8-27-16(15)18(20)22/h5-8,12H,4,9,19H2,1-3H3. The van der Waals surface area contributed by atoms with Crippen molar-refractivity contribution in [3.05, 3.63) is 39.6 Å². The average molecular weight is 425 g/mol. The fourth-order valence-corrected chi connectivity index (χ4v) is 4.93. The Balaban J connectivity index is 2.10. The number of benzene rings is 1. The van der Waals surface area contributed by atoms with Crippen LogP contribution < -0.4 is 15.2 Å². The number of methoxy groups -OCH3 is 1. The highest BCUT2D eigenvalue weighted by molar-refractivity contribution is 7.90. The number of carbonyl (C=O) groups excluding carboxylic acids is 2. The summed E-state index contributed by atoms with van der Waals surface area (Å²) in [4.78, 5) is 27.0. The number of hydrogen-bond donors (Lipinski definition) is 1. The Morgan fingerprint density at radius 3 is 2.50 bits per heavy atom. The molecule has 0 bridgehead atoms. The second-order valence-electron chi connectivity index (χ2n) is 6.33. The van der Waals surface area contributed by atoms with Crippen molar-refractivity contribution < 1.29 is 27.5 Å². The summed E-state index contributed by atoms with van der Waals surface area (Å²) in [5.41, 5.74) is 6.62. The van der Waals surface area contributed by atoms with E-state index in [0.717, 1.165) is 22.5 Å². The van der Waals surface area contributed by atoms with Crippen LogP contribution in [0.2, 0.25) is 0 Å².